The van der Waals surface area contributed by atoms with Gasteiger partial charge in [-0.05, 0) is 35.7 Å². The fourth-order valence-electron chi connectivity index (χ4n) is 2.46. The topological polar surface area (TPSA) is 41.1 Å². The predicted octanol–water partition coefficient (Wildman–Crippen LogP) is 4.44. The summed E-state index contributed by atoms with van der Waals surface area (Å²) >= 11 is 3.36. The normalized spacial score (nSPS) is 10.5. The van der Waals surface area contributed by atoms with Crippen LogP contribution in [-0.4, -0.2) is 19.0 Å². The van der Waals surface area contributed by atoms with Crippen LogP contribution >= 0.6 is 15.9 Å². The van der Waals surface area contributed by atoms with Gasteiger partial charge in [-0.2, -0.15) is 0 Å². The second kappa shape index (κ2) is 7.29. The molecule has 4 heteroatoms. The molecule has 0 aliphatic rings. The first-order valence-electron chi connectivity index (χ1n) is 7.49. The molecule has 0 atom stereocenters. The predicted molar refractivity (Wildman–Crippen MR) is 98.9 cm³/mol. The smallest absolute Gasteiger partial charge is 0.251 e. The van der Waals surface area contributed by atoms with Crippen molar-refractivity contribution in [2.75, 3.05) is 18.4 Å². The van der Waals surface area contributed by atoms with Crippen LogP contribution in [0.2, 0.25) is 0 Å². The summed E-state index contributed by atoms with van der Waals surface area (Å²) in [5.74, 6) is -0.0581. The summed E-state index contributed by atoms with van der Waals surface area (Å²) < 4.78 is 0.965. The molecule has 0 saturated carbocycles. The number of amides is 1. The van der Waals surface area contributed by atoms with Gasteiger partial charge in [0.2, 0.25) is 0 Å². The lowest BCUT2D eigenvalue weighted by Crippen LogP contribution is -2.28. The number of halogens is 1. The molecular formula is C19H17BrN2O. The minimum absolute atomic E-state index is 0.0581. The Morgan fingerprint density at radius 1 is 0.870 bits per heavy atom. The van der Waals surface area contributed by atoms with E-state index in [0.29, 0.717) is 18.7 Å². The Labute approximate surface area is 143 Å². The number of carbonyl (C=O) groups is 1. The van der Waals surface area contributed by atoms with E-state index in [0.717, 1.165) is 10.2 Å². The maximum atomic E-state index is 12.0. The summed E-state index contributed by atoms with van der Waals surface area (Å²) in [6, 6.07) is 21.8. The van der Waals surface area contributed by atoms with Gasteiger partial charge in [0.05, 0.1) is 0 Å². The minimum atomic E-state index is -0.0581. The van der Waals surface area contributed by atoms with Crippen molar-refractivity contribution in [1.29, 1.82) is 0 Å². The van der Waals surface area contributed by atoms with Gasteiger partial charge < -0.3 is 10.6 Å². The second-order valence-electron chi connectivity index (χ2n) is 5.22. The molecule has 0 fully saturated rings. The van der Waals surface area contributed by atoms with Crippen LogP contribution in [0.25, 0.3) is 10.8 Å². The Balaban J connectivity index is 1.55. The Morgan fingerprint density at radius 3 is 2.43 bits per heavy atom. The molecule has 3 aromatic carbocycles. The van der Waals surface area contributed by atoms with Gasteiger partial charge >= 0.3 is 0 Å². The van der Waals surface area contributed by atoms with E-state index in [1.807, 2.05) is 30.3 Å². The molecule has 3 aromatic rings. The lowest BCUT2D eigenvalue weighted by atomic mass is 10.1. The molecule has 3 nitrogen and oxygen atoms in total. The lowest BCUT2D eigenvalue weighted by Gasteiger charge is -2.10. The zero-order chi connectivity index (χ0) is 16.1. The highest BCUT2D eigenvalue weighted by Crippen LogP contribution is 2.22. The molecular weight excluding hydrogens is 352 g/mol. The van der Waals surface area contributed by atoms with Crippen LogP contribution in [0.5, 0.6) is 0 Å². The molecule has 0 heterocycles. The highest BCUT2D eigenvalue weighted by molar-refractivity contribution is 9.10. The second-order valence-corrected chi connectivity index (χ2v) is 6.13. The van der Waals surface area contributed by atoms with Gasteiger partial charge in [0.25, 0.3) is 5.91 Å². The lowest BCUT2D eigenvalue weighted by molar-refractivity contribution is 0.0955. The third-order valence-corrected chi connectivity index (χ3v) is 4.15. The third kappa shape index (κ3) is 3.90. The average Bonchev–Trinajstić information content (AvgIpc) is 2.59. The standard InChI is InChI=1S/C19H17BrN2O/c20-16-10-8-15(9-11-16)19(23)22-13-12-21-18-7-3-5-14-4-1-2-6-17(14)18/h1-11,21H,12-13H2,(H,22,23). The molecule has 23 heavy (non-hydrogen) atoms. The van der Waals surface area contributed by atoms with Gasteiger partial charge in [0, 0.05) is 34.2 Å². The van der Waals surface area contributed by atoms with Gasteiger partial charge in [-0.25, -0.2) is 0 Å². The molecule has 0 aliphatic carbocycles. The van der Waals surface area contributed by atoms with Crippen molar-refractivity contribution >= 4 is 38.3 Å². The fourth-order valence-corrected chi connectivity index (χ4v) is 2.72. The molecule has 0 saturated heterocycles. The number of hydrogen-bond acceptors (Lipinski definition) is 2. The molecule has 1 amide bonds. The van der Waals surface area contributed by atoms with Gasteiger partial charge in [-0.3, -0.25) is 4.79 Å². The molecule has 0 aromatic heterocycles. The van der Waals surface area contributed by atoms with Crippen LogP contribution in [0, 0.1) is 0 Å². The van der Waals surface area contributed by atoms with Gasteiger partial charge in [-0.15, -0.1) is 0 Å². The number of nitrogens with one attached hydrogen (secondary N) is 2. The molecule has 2 N–H and O–H groups in total. The Kier molecular flexibility index (Phi) is 4.93. The number of benzene rings is 3. The third-order valence-electron chi connectivity index (χ3n) is 3.62. The zero-order valence-electron chi connectivity index (χ0n) is 12.6. The first-order valence-corrected chi connectivity index (χ1v) is 8.29. The first-order chi connectivity index (χ1) is 11.2. The van der Waals surface area contributed by atoms with Gasteiger partial charge in [0.15, 0.2) is 0 Å². The SMILES string of the molecule is O=C(NCCNc1cccc2ccccc12)c1ccc(Br)cc1. The summed E-state index contributed by atoms with van der Waals surface area (Å²) in [4.78, 5) is 12.0. The molecule has 0 unspecified atom stereocenters. The summed E-state index contributed by atoms with van der Waals surface area (Å²) in [5, 5.41) is 8.70. The summed E-state index contributed by atoms with van der Waals surface area (Å²) in [6.45, 7) is 1.24. The van der Waals surface area contributed by atoms with Crippen molar-refractivity contribution in [1.82, 2.24) is 5.32 Å². The van der Waals surface area contributed by atoms with Crippen molar-refractivity contribution in [3.63, 3.8) is 0 Å². The van der Waals surface area contributed by atoms with Gasteiger partial charge in [0.1, 0.15) is 0 Å². The van der Waals surface area contributed by atoms with Crippen molar-refractivity contribution in [2.24, 2.45) is 0 Å². The van der Waals surface area contributed by atoms with Gasteiger partial charge in [-0.1, -0.05) is 52.3 Å². The zero-order valence-corrected chi connectivity index (χ0v) is 14.1. The van der Waals surface area contributed by atoms with E-state index in [4.69, 9.17) is 0 Å². The monoisotopic (exact) mass is 368 g/mol. The molecule has 0 aliphatic heterocycles. The average molecular weight is 369 g/mol. The number of anilines is 1. The van der Waals surface area contributed by atoms with Crippen molar-refractivity contribution in [3.05, 3.63) is 76.8 Å². The minimum Gasteiger partial charge on any atom is -0.383 e. The molecule has 0 bridgehead atoms. The van der Waals surface area contributed by atoms with Crippen LogP contribution in [-0.2, 0) is 0 Å². The van der Waals surface area contributed by atoms with Crippen LogP contribution in [0.15, 0.2) is 71.2 Å². The quantitative estimate of drug-likeness (QED) is 0.653. The van der Waals surface area contributed by atoms with E-state index >= 15 is 0 Å². The molecule has 3 rings (SSSR count). The van der Waals surface area contributed by atoms with Crippen molar-refractivity contribution < 1.29 is 4.79 Å². The van der Waals surface area contributed by atoms with E-state index in [-0.39, 0.29) is 5.91 Å². The van der Waals surface area contributed by atoms with Crippen molar-refractivity contribution in [2.45, 2.75) is 0 Å². The van der Waals surface area contributed by atoms with E-state index in [1.54, 1.807) is 12.1 Å². The number of fused-ring (bicyclic) bond motifs is 1. The highest BCUT2D eigenvalue weighted by atomic mass is 79.9. The summed E-state index contributed by atoms with van der Waals surface area (Å²) in [5.41, 5.74) is 1.75. The fraction of sp³-hybridized carbons (Fsp3) is 0.105. The van der Waals surface area contributed by atoms with Crippen LogP contribution in [0.4, 0.5) is 5.69 Å². The maximum absolute atomic E-state index is 12.0. The van der Waals surface area contributed by atoms with E-state index in [1.165, 1.54) is 10.8 Å². The molecule has 116 valence electrons. The largest absolute Gasteiger partial charge is 0.383 e. The summed E-state index contributed by atoms with van der Waals surface area (Å²) in [7, 11) is 0. The number of hydrogen-bond donors (Lipinski definition) is 2. The maximum Gasteiger partial charge on any atom is 0.251 e. The number of rotatable bonds is 5. The Hall–Kier alpha value is -2.33. The van der Waals surface area contributed by atoms with E-state index in [9.17, 15) is 4.79 Å². The Morgan fingerprint density at radius 2 is 1.61 bits per heavy atom. The molecule has 0 spiro atoms. The Bertz CT molecular complexity index is 810. The first kappa shape index (κ1) is 15.6. The van der Waals surface area contributed by atoms with E-state index < -0.39 is 0 Å². The molecule has 0 radical (unpaired) electrons. The van der Waals surface area contributed by atoms with Crippen LogP contribution in [0.3, 0.4) is 0 Å². The van der Waals surface area contributed by atoms with E-state index in [2.05, 4.69) is 50.8 Å². The van der Waals surface area contributed by atoms with Crippen molar-refractivity contribution in [3.8, 4) is 0 Å². The van der Waals surface area contributed by atoms with Crippen LogP contribution in [0.1, 0.15) is 10.4 Å². The summed E-state index contributed by atoms with van der Waals surface area (Å²) in [6.07, 6.45) is 0. The number of carbonyl (C=O) groups excluding carboxylic acids is 1. The highest BCUT2D eigenvalue weighted by Gasteiger charge is 2.04. The van der Waals surface area contributed by atoms with Crippen LogP contribution < -0.4 is 10.6 Å².